The van der Waals surface area contributed by atoms with Gasteiger partial charge in [0.1, 0.15) is 5.75 Å². The van der Waals surface area contributed by atoms with Crippen LogP contribution in [0.5, 0.6) is 5.75 Å². The first kappa shape index (κ1) is 12.2. The molecule has 0 spiro atoms. The summed E-state index contributed by atoms with van der Waals surface area (Å²) in [5.74, 6) is 0.972. The number of ether oxygens (including phenoxy) is 1. The minimum atomic E-state index is 0.0743. The van der Waals surface area contributed by atoms with Gasteiger partial charge in [-0.1, -0.05) is 39.8 Å². The second kappa shape index (κ2) is 3.59. The molecular weight excluding hydrogens is 212 g/mol. The SMILES string of the molecule is COc1ccccc1C(=O)C1C(C)(C)C1(C)C. The first-order valence-corrected chi connectivity index (χ1v) is 6.01. The molecule has 0 saturated heterocycles. The molecule has 0 N–H and O–H groups in total. The fourth-order valence-corrected chi connectivity index (χ4v) is 2.86. The highest BCUT2D eigenvalue weighted by molar-refractivity contribution is 6.03. The Morgan fingerprint density at radius 2 is 1.65 bits per heavy atom. The van der Waals surface area contributed by atoms with Crippen molar-refractivity contribution in [3.8, 4) is 5.75 Å². The molecule has 1 aliphatic rings. The van der Waals surface area contributed by atoms with E-state index in [1.807, 2.05) is 24.3 Å². The summed E-state index contributed by atoms with van der Waals surface area (Å²) in [6.07, 6.45) is 0. The summed E-state index contributed by atoms with van der Waals surface area (Å²) in [6, 6.07) is 7.47. The number of methoxy groups -OCH3 is 1. The molecule has 0 atom stereocenters. The minimum absolute atomic E-state index is 0.0743. The van der Waals surface area contributed by atoms with Gasteiger partial charge in [0, 0.05) is 5.92 Å². The molecule has 92 valence electrons. The van der Waals surface area contributed by atoms with Gasteiger partial charge in [0.2, 0.25) is 0 Å². The quantitative estimate of drug-likeness (QED) is 0.745. The first-order chi connectivity index (χ1) is 7.84. The summed E-state index contributed by atoms with van der Waals surface area (Å²) >= 11 is 0. The molecule has 0 radical (unpaired) electrons. The summed E-state index contributed by atoms with van der Waals surface area (Å²) in [5.41, 5.74) is 0.856. The van der Waals surface area contributed by atoms with Crippen LogP contribution in [-0.4, -0.2) is 12.9 Å². The van der Waals surface area contributed by atoms with Crippen molar-refractivity contribution in [3.63, 3.8) is 0 Å². The van der Waals surface area contributed by atoms with Gasteiger partial charge in [-0.25, -0.2) is 0 Å². The molecule has 2 nitrogen and oxygen atoms in total. The van der Waals surface area contributed by atoms with Gasteiger partial charge in [0.25, 0.3) is 0 Å². The molecule has 0 unspecified atom stereocenters. The Kier molecular flexibility index (Phi) is 2.57. The minimum Gasteiger partial charge on any atom is -0.496 e. The van der Waals surface area contributed by atoms with Crippen LogP contribution in [0.25, 0.3) is 0 Å². The van der Waals surface area contributed by atoms with Crippen LogP contribution in [0.15, 0.2) is 24.3 Å². The Labute approximate surface area is 103 Å². The maximum absolute atomic E-state index is 12.5. The molecule has 17 heavy (non-hydrogen) atoms. The van der Waals surface area contributed by atoms with E-state index >= 15 is 0 Å². The normalized spacial score (nSPS) is 21.0. The topological polar surface area (TPSA) is 26.3 Å². The molecule has 1 aromatic carbocycles. The van der Waals surface area contributed by atoms with E-state index in [2.05, 4.69) is 27.7 Å². The molecule has 0 aromatic heterocycles. The average Bonchev–Trinajstić information content (AvgIpc) is 2.68. The molecule has 2 heteroatoms. The van der Waals surface area contributed by atoms with Gasteiger partial charge in [0.05, 0.1) is 12.7 Å². The summed E-state index contributed by atoms with van der Waals surface area (Å²) in [4.78, 5) is 12.5. The van der Waals surface area contributed by atoms with E-state index in [1.54, 1.807) is 7.11 Å². The van der Waals surface area contributed by atoms with Crippen molar-refractivity contribution in [2.45, 2.75) is 27.7 Å². The number of Topliss-reactive ketones (excluding diaryl/α,β-unsaturated/α-hetero) is 1. The number of hydrogen-bond donors (Lipinski definition) is 0. The molecule has 1 aromatic rings. The zero-order chi connectivity index (χ0) is 12.8. The molecular formula is C15H20O2. The fraction of sp³-hybridized carbons (Fsp3) is 0.533. The zero-order valence-electron chi connectivity index (χ0n) is 11.2. The van der Waals surface area contributed by atoms with Crippen molar-refractivity contribution in [1.29, 1.82) is 0 Å². The predicted octanol–water partition coefficient (Wildman–Crippen LogP) is 3.56. The Hall–Kier alpha value is -1.31. The molecule has 1 aliphatic carbocycles. The van der Waals surface area contributed by atoms with Gasteiger partial charge in [0.15, 0.2) is 5.78 Å². The molecule has 0 amide bonds. The first-order valence-electron chi connectivity index (χ1n) is 6.01. The number of para-hydroxylation sites is 1. The smallest absolute Gasteiger partial charge is 0.170 e. The van der Waals surface area contributed by atoms with Gasteiger partial charge >= 0.3 is 0 Å². The van der Waals surface area contributed by atoms with Crippen LogP contribution in [0.3, 0.4) is 0 Å². The maximum Gasteiger partial charge on any atom is 0.170 e. The fourth-order valence-electron chi connectivity index (χ4n) is 2.86. The lowest BCUT2D eigenvalue weighted by Crippen LogP contribution is -2.09. The summed E-state index contributed by atoms with van der Waals surface area (Å²) in [7, 11) is 1.61. The van der Waals surface area contributed by atoms with Crippen LogP contribution in [0.4, 0.5) is 0 Å². The van der Waals surface area contributed by atoms with Gasteiger partial charge < -0.3 is 4.74 Å². The lowest BCUT2D eigenvalue weighted by molar-refractivity contribution is 0.0942. The van der Waals surface area contributed by atoms with Crippen molar-refractivity contribution in [3.05, 3.63) is 29.8 Å². The third-order valence-electron chi connectivity index (χ3n) is 4.66. The monoisotopic (exact) mass is 232 g/mol. The van der Waals surface area contributed by atoms with Crippen molar-refractivity contribution in [1.82, 2.24) is 0 Å². The number of rotatable bonds is 3. The highest BCUT2D eigenvalue weighted by atomic mass is 16.5. The van der Waals surface area contributed by atoms with Gasteiger partial charge in [-0.15, -0.1) is 0 Å². The number of benzene rings is 1. The number of hydrogen-bond acceptors (Lipinski definition) is 2. The van der Waals surface area contributed by atoms with E-state index in [-0.39, 0.29) is 22.5 Å². The second-order valence-electron chi connectivity index (χ2n) is 5.94. The largest absolute Gasteiger partial charge is 0.496 e. The van der Waals surface area contributed by atoms with Crippen LogP contribution < -0.4 is 4.74 Å². The van der Waals surface area contributed by atoms with Gasteiger partial charge in [-0.2, -0.15) is 0 Å². The molecule has 2 rings (SSSR count). The van der Waals surface area contributed by atoms with E-state index in [0.29, 0.717) is 11.3 Å². The highest BCUT2D eigenvalue weighted by Gasteiger charge is 2.68. The highest BCUT2D eigenvalue weighted by Crippen LogP contribution is 2.69. The summed E-state index contributed by atoms with van der Waals surface area (Å²) in [5, 5.41) is 0. The standard InChI is InChI=1S/C15H20O2/c1-14(2)13(15(14,3)4)12(16)10-8-6-7-9-11(10)17-5/h6-9,13H,1-5H3. The van der Waals surface area contributed by atoms with Gasteiger partial charge in [-0.05, 0) is 23.0 Å². The Morgan fingerprint density at radius 3 is 2.12 bits per heavy atom. The summed E-state index contributed by atoms with van der Waals surface area (Å²) in [6.45, 7) is 8.63. The predicted molar refractivity (Wildman–Crippen MR) is 68.4 cm³/mol. The average molecular weight is 232 g/mol. The van der Waals surface area contributed by atoms with Crippen molar-refractivity contribution >= 4 is 5.78 Å². The van der Waals surface area contributed by atoms with Crippen LogP contribution in [-0.2, 0) is 0 Å². The van der Waals surface area contributed by atoms with E-state index in [4.69, 9.17) is 4.74 Å². The van der Waals surface area contributed by atoms with Crippen LogP contribution >= 0.6 is 0 Å². The molecule has 1 fully saturated rings. The number of carbonyl (C=O) groups excluding carboxylic acids is 1. The van der Waals surface area contributed by atoms with E-state index < -0.39 is 0 Å². The molecule has 0 bridgehead atoms. The van der Waals surface area contributed by atoms with Crippen LogP contribution in [0.1, 0.15) is 38.1 Å². The molecule has 1 saturated carbocycles. The van der Waals surface area contributed by atoms with Crippen molar-refractivity contribution in [2.75, 3.05) is 7.11 Å². The lowest BCUT2D eigenvalue weighted by Gasteiger charge is -2.08. The number of carbonyl (C=O) groups is 1. The number of ketones is 1. The van der Waals surface area contributed by atoms with Crippen LogP contribution in [0, 0.1) is 16.7 Å². The van der Waals surface area contributed by atoms with E-state index in [9.17, 15) is 4.79 Å². The lowest BCUT2D eigenvalue weighted by atomic mass is 10.0. The van der Waals surface area contributed by atoms with Crippen LogP contribution in [0.2, 0.25) is 0 Å². The van der Waals surface area contributed by atoms with Crippen molar-refractivity contribution in [2.24, 2.45) is 16.7 Å². The Morgan fingerprint density at radius 1 is 1.12 bits per heavy atom. The van der Waals surface area contributed by atoms with Crippen molar-refractivity contribution < 1.29 is 9.53 Å². The zero-order valence-corrected chi connectivity index (χ0v) is 11.2. The van der Waals surface area contributed by atoms with E-state index in [1.165, 1.54) is 0 Å². The van der Waals surface area contributed by atoms with E-state index in [0.717, 1.165) is 0 Å². The molecule has 0 aliphatic heterocycles. The van der Waals surface area contributed by atoms with Gasteiger partial charge in [-0.3, -0.25) is 4.79 Å². The summed E-state index contributed by atoms with van der Waals surface area (Å²) < 4.78 is 5.26. The Bertz CT molecular complexity index is 444. The molecule has 0 heterocycles. The Balaban J connectivity index is 2.34. The third-order valence-corrected chi connectivity index (χ3v) is 4.66. The maximum atomic E-state index is 12.5. The third kappa shape index (κ3) is 1.58. The second-order valence-corrected chi connectivity index (χ2v) is 5.94.